The number of nitrogens with one attached hydrogen (secondary N) is 3. The number of aromatic amines is 1. The Bertz CT molecular complexity index is 601. The Morgan fingerprint density at radius 2 is 2.00 bits per heavy atom. The van der Waals surface area contributed by atoms with E-state index in [4.69, 9.17) is 0 Å². The van der Waals surface area contributed by atoms with E-state index in [1.54, 1.807) is 0 Å². The van der Waals surface area contributed by atoms with E-state index in [0.29, 0.717) is 13.1 Å². The fraction of sp³-hybridized carbons (Fsp3) is 0.231. The van der Waals surface area contributed by atoms with Crippen molar-refractivity contribution >= 4 is 22.9 Å². The summed E-state index contributed by atoms with van der Waals surface area (Å²) < 4.78 is 0. The highest BCUT2D eigenvalue weighted by Crippen LogP contribution is 2.09. The normalized spacial score (nSPS) is 10.4. The van der Waals surface area contributed by atoms with Gasteiger partial charge in [0.05, 0.1) is 0 Å². The zero-order valence-corrected chi connectivity index (χ0v) is 11.3. The van der Waals surface area contributed by atoms with Crippen molar-refractivity contribution in [2.24, 2.45) is 0 Å². The molecule has 2 aromatic rings. The van der Waals surface area contributed by atoms with Crippen molar-refractivity contribution in [1.29, 1.82) is 0 Å². The number of hydrogen-bond donors (Lipinski definition) is 3. The molecule has 19 heavy (non-hydrogen) atoms. The van der Waals surface area contributed by atoms with Gasteiger partial charge in [-0.25, -0.2) is 0 Å². The molecule has 100 valence electrons. The van der Waals surface area contributed by atoms with E-state index in [-0.39, 0.29) is 10.8 Å². The van der Waals surface area contributed by atoms with Crippen LogP contribution in [0.2, 0.25) is 0 Å². The van der Waals surface area contributed by atoms with E-state index in [1.807, 2.05) is 29.6 Å². The highest BCUT2D eigenvalue weighted by Gasteiger charge is 1.98. The molecule has 0 bridgehead atoms. The van der Waals surface area contributed by atoms with Gasteiger partial charge < -0.3 is 15.6 Å². The van der Waals surface area contributed by atoms with Gasteiger partial charge in [0.25, 0.3) is 0 Å². The summed E-state index contributed by atoms with van der Waals surface area (Å²) in [6, 6.07) is 7.64. The van der Waals surface area contributed by atoms with Crippen molar-refractivity contribution in [3.8, 4) is 0 Å². The van der Waals surface area contributed by atoms with Crippen LogP contribution in [0.25, 0.3) is 0 Å². The van der Waals surface area contributed by atoms with Crippen molar-refractivity contribution in [3.05, 3.63) is 50.6 Å². The summed E-state index contributed by atoms with van der Waals surface area (Å²) in [5, 5.41) is 7.77. The summed E-state index contributed by atoms with van der Waals surface area (Å²) in [6.07, 6.45) is 0. The fourth-order valence-corrected chi connectivity index (χ4v) is 2.23. The predicted octanol–water partition coefficient (Wildman–Crippen LogP) is 1.68. The topological polar surface area (TPSA) is 74.0 Å². The van der Waals surface area contributed by atoms with E-state index in [2.05, 4.69) is 15.6 Å². The largest absolute Gasteiger partial charge is 0.326 e. The van der Waals surface area contributed by atoms with Crippen molar-refractivity contribution in [2.75, 3.05) is 5.32 Å². The van der Waals surface area contributed by atoms with Crippen LogP contribution in [0.5, 0.6) is 0 Å². The number of carbonyl (C=O) groups excluding carboxylic acids is 1. The summed E-state index contributed by atoms with van der Waals surface area (Å²) >= 11 is 1.17. The third kappa shape index (κ3) is 4.35. The number of rotatable bonds is 5. The molecule has 0 fully saturated rings. The fourth-order valence-electron chi connectivity index (χ4n) is 1.65. The second-order valence-electron chi connectivity index (χ2n) is 4.16. The first-order valence-electron chi connectivity index (χ1n) is 5.87. The van der Waals surface area contributed by atoms with Gasteiger partial charge in [-0.3, -0.25) is 9.59 Å². The summed E-state index contributed by atoms with van der Waals surface area (Å²) in [4.78, 5) is 24.5. The second-order valence-corrected chi connectivity index (χ2v) is 5.00. The van der Waals surface area contributed by atoms with E-state index >= 15 is 0 Å². The average molecular weight is 277 g/mol. The molecular formula is C13H15N3O2S. The lowest BCUT2D eigenvalue weighted by atomic mass is 10.2. The molecule has 3 N–H and O–H groups in total. The van der Waals surface area contributed by atoms with Crippen LogP contribution in [0.15, 0.2) is 34.4 Å². The molecule has 0 aliphatic carbocycles. The Kier molecular flexibility index (Phi) is 4.48. The van der Waals surface area contributed by atoms with Crippen molar-refractivity contribution < 1.29 is 4.79 Å². The summed E-state index contributed by atoms with van der Waals surface area (Å²) in [6.45, 7) is 2.82. The zero-order valence-electron chi connectivity index (χ0n) is 10.5. The van der Waals surface area contributed by atoms with E-state index < -0.39 is 0 Å². The standard InChI is InChI=1S/C13H15N3O2S/c1-9(17)15-11-4-2-10(3-5-11)6-14-7-12-8-19-13(18)16-12/h2-5,8,14H,6-7H2,1H3,(H,15,17)(H,16,18). The Labute approximate surface area is 114 Å². The van der Waals surface area contributed by atoms with Crippen LogP contribution in [-0.4, -0.2) is 10.9 Å². The van der Waals surface area contributed by atoms with Crippen molar-refractivity contribution in [3.63, 3.8) is 0 Å². The maximum absolute atomic E-state index is 10.9. The minimum absolute atomic E-state index is 0.0311. The van der Waals surface area contributed by atoms with Crippen LogP contribution in [0.1, 0.15) is 18.2 Å². The van der Waals surface area contributed by atoms with Crippen LogP contribution in [0, 0.1) is 0 Å². The quantitative estimate of drug-likeness (QED) is 0.778. The van der Waals surface area contributed by atoms with Gasteiger partial charge in [-0.1, -0.05) is 23.5 Å². The molecule has 6 heteroatoms. The Morgan fingerprint density at radius 3 is 2.58 bits per heavy atom. The van der Waals surface area contributed by atoms with E-state index in [0.717, 1.165) is 16.9 Å². The van der Waals surface area contributed by atoms with E-state index in [1.165, 1.54) is 18.3 Å². The number of carbonyl (C=O) groups is 1. The summed E-state index contributed by atoms with van der Waals surface area (Å²) in [5.41, 5.74) is 2.80. The number of thiazole rings is 1. The average Bonchev–Trinajstić information content (AvgIpc) is 2.77. The lowest BCUT2D eigenvalue weighted by Crippen LogP contribution is -2.14. The van der Waals surface area contributed by atoms with Gasteiger partial charge in [-0.05, 0) is 17.7 Å². The van der Waals surface area contributed by atoms with Gasteiger partial charge in [0.1, 0.15) is 0 Å². The first kappa shape index (κ1) is 13.5. The zero-order chi connectivity index (χ0) is 13.7. The molecule has 0 radical (unpaired) electrons. The van der Waals surface area contributed by atoms with Gasteiger partial charge in [0, 0.05) is 36.8 Å². The highest BCUT2D eigenvalue weighted by molar-refractivity contribution is 7.07. The predicted molar refractivity (Wildman–Crippen MR) is 76.2 cm³/mol. The number of hydrogen-bond acceptors (Lipinski definition) is 4. The number of benzene rings is 1. The monoisotopic (exact) mass is 277 g/mol. The summed E-state index contributed by atoms with van der Waals surface area (Å²) in [7, 11) is 0. The van der Waals surface area contributed by atoms with Gasteiger partial charge in [0.2, 0.25) is 5.91 Å². The van der Waals surface area contributed by atoms with Crippen molar-refractivity contribution in [1.82, 2.24) is 10.3 Å². The Morgan fingerprint density at radius 1 is 1.26 bits per heavy atom. The number of H-pyrrole nitrogens is 1. The van der Waals surface area contributed by atoms with Crippen LogP contribution in [0.4, 0.5) is 5.69 Å². The number of amides is 1. The second kappa shape index (κ2) is 6.31. The van der Waals surface area contributed by atoms with Crippen LogP contribution in [-0.2, 0) is 17.9 Å². The molecule has 1 aromatic heterocycles. The third-order valence-corrected chi connectivity index (χ3v) is 3.21. The van der Waals surface area contributed by atoms with Gasteiger partial charge >= 0.3 is 4.87 Å². The molecular weight excluding hydrogens is 262 g/mol. The smallest absolute Gasteiger partial charge is 0.304 e. The van der Waals surface area contributed by atoms with E-state index in [9.17, 15) is 9.59 Å². The van der Waals surface area contributed by atoms with Crippen LogP contribution in [0.3, 0.4) is 0 Å². The molecule has 0 unspecified atom stereocenters. The molecule has 0 saturated heterocycles. The van der Waals surface area contributed by atoms with Crippen molar-refractivity contribution in [2.45, 2.75) is 20.0 Å². The Hall–Kier alpha value is -1.92. The minimum Gasteiger partial charge on any atom is -0.326 e. The molecule has 0 aliphatic rings. The molecule has 5 nitrogen and oxygen atoms in total. The maximum Gasteiger partial charge on any atom is 0.304 e. The third-order valence-electron chi connectivity index (χ3n) is 2.49. The van der Waals surface area contributed by atoms with Gasteiger partial charge in [-0.2, -0.15) is 0 Å². The lowest BCUT2D eigenvalue weighted by molar-refractivity contribution is -0.114. The number of anilines is 1. The van der Waals surface area contributed by atoms with Crippen LogP contribution >= 0.6 is 11.3 Å². The van der Waals surface area contributed by atoms with Gasteiger partial charge in [0.15, 0.2) is 0 Å². The minimum atomic E-state index is -0.0766. The first-order valence-corrected chi connectivity index (χ1v) is 6.75. The van der Waals surface area contributed by atoms with Gasteiger partial charge in [-0.15, -0.1) is 0 Å². The molecule has 0 saturated carbocycles. The highest BCUT2D eigenvalue weighted by atomic mass is 32.1. The SMILES string of the molecule is CC(=O)Nc1ccc(CNCc2csc(=O)[nH]2)cc1. The molecule has 0 spiro atoms. The van der Waals surface area contributed by atoms with Crippen LogP contribution < -0.4 is 15.5 Å². The molecule has 1 aromatic carbocycles. The summed E-state index contributed by atoms with van der Waals surface area (Å²) in [5.74, 6) is -0.0766. The first-order chi connectivity index (χ1) is 9.13. The number of aromatic nitrogens is 1. The molecule has 0 atom stereocenters. The molecule has 1 heterocycles. The maximum atomic E-state index is 10.9. The lowest BCUT2D eigenvalue weighted by Gasteiger charge is -2.05. The Balaban J connectivity index is 1.83. The molecule has 1 amide bonds. The molecule has 2 rings (SSSR count). The molecule has 0 aliphatic heterocycles.